The first kappa shape index (κ1) is 42.5. The van der Waals surface area contributed by atoms with Gasteiger partial charge in [0.15, 0.2) is 5.82 Å². The number of imide groups is 1. The first-order valence-corrected chi connectivity index (χ1v) is 20.7. The van der Waals surface area contributed by atoms with Crippen molar-refractivity contribution in [1.82, 2.24) is 30.1 Å². The van der Waals surface area contributed by atoms with Gasteiger partial charge in [0.2, 0.25) is 24.2 Å². The van der Waals surface area contributed by atoms with Crippen LogP contribution in [0.5, 0.6) is 0 Å². The lowest BCUT2D eigenvalue weighted by Crippen LogP contribution is -2.49. The topological polar surface area (TPSA) is 152 Å². The van der Waals surface area contributed by atoms with Crippen LogP contribution in [0, 0.1) is 17.6 Å². The van der Waals surface area contributed by atoms with E-state index >= 15 is 8.78 Å². The summed E-state index contributed by atoms with van der Waals surface area (Å²) in [7, 11) is 0. The number of amides is 3. The third-order valence-corrected chi connectivity index (χ3v) is 11.9. The average Bonchev–Trinajstić information content (AvgIpc) is 3.24. The number of aromatic nitrogens is 3. The van der Waals surface area contributed by atoms with Crippen molar-refractivity contribution in [2.24, 2.45) is 5.92 Å². The maximum atomic E-state index is 15.1. The molecule has 3 saturated heterocycles. The van der Waals surface area contributed by atoms with Gasteiger partial charge in [-0.3, -0.25) is 29.4 Å². The molecule has 318 valence electrons. The number of benzene rings is 2. The van der Waals surface area contributed by atoms with Crippen molar-refractivity contribution in [3.8, 4) is 22.4 Å². The molecule has 2 unspecified atom stereocenters. The van der Waals surface area contributed by atoms with Gasteiger partial charge >= 0.3 is 0 Å². The number of aromatic amines is 1. The quantitative estimate of drug-likeness (QED) is 0.0776. The highest BCUT2D eigenvalue weighted by Gasteiger charge is 2.46. The molecule has 8 rings (SSSR count). The number of H-pyrrole nitrogens is 1. The summed E-state index contributed by atoms with van der Waals surface area (Å²) in [6.07, 6.45) is 11.7. The van der Waals surface area contributed by atoms with Gasteiger partial charge in [0.1, 0.15) is 17.6 Å². The number of carbonyl (C=O) groups is 3. The van der Waals surface area contributed by atoms with Gasteiger partial charge < -0.3 is 20.5 Å². The van der Waals surface area contributed by atoms with Crippen LogP contribution >= 0.6 is 0 Å². The van der Waals surface area contributed by atoms with Crippen LogP contribution < -0.4 is 21.5 Å². The summed E-state index contributed by atoms with van der Waals surface area (Å²) in [4.78, 5) is 60.7. The third-order valence-electron chi connectivity index (χ3n) is 11.9. The highest BCUT2D eigenvalue weighted by atomic mass is 19.3. The Morgan fingerprint density at radius 1 is 0.850 bits per heavy atom. The van der Waals surface area contributed by atoms with Crippen molar-refractivity contribution in [3.63, 3.8) is 0 Å². The van der Waals surface area contributed by atoms with E-state index in [1.807, 2.05) is 6.07 Å². The van der Waals surface area contributed by atoms with Gasteiger partial charge in [-0.05, 0) is 92.4 Å². The molecule has 1 saturated carbocycles. The Balaban J connectivity index is 0.000000185. The molecule has 2 atom stereocenters. The van der Waals surface area contributed by atoms with E-state index in [4.69, 9.17) is 0 Å². The van der Waals surface area contributed by atoms with Crippen LogP contribution in [0.4, 0.5) is 29.2 Å². The van der Waals surface area contributed by atoms with Crippen LogP contribution in [0.1, 0.15) is 75.7 Å². The van der Waals surface area contributed by atoms with E-state index < -0.39 is 42.0 Å². The summed E-state index contributed by atoms with van der Waals surface area (Å²) >= 11 is 0. The maximum absolute atomic E-state index is 15.1. The number of alkyl halides is 2. The largest absolute Gasteiger partial charge is 0.374 e. The van der Waals surface area contributed by atoms with E-state index in [1.54, 1.807) is 46.3 Å². The molecule has 4 aromatic rings. The zero-order valence-electron chi connectivity index (χ0n) is 33.3. The van der Waals surface area contributed by atoms with Crippen molar-refractivity contribution >= 4 is 29.9 Å². The van der Waals surface area contributed by atoms with Crippen molar-refractivity contribution in [2.75, 3.05) is 43.4 Å². The summed E-state index contributed by atoms with van der Waals surface area (Å²) in [5.41, 5.74) is 2.21. The fourth-order valence-electron chi connectivity index (χ4n) is 8.64. The molecule has 2 aromatic heterocycles. The molecular weight excluding hydrogens is 781 g/mol. The lowest BCUT2D eigenvalue weighted by atomic mass is 9.85. The number of nitrogens with zero attached hydrogens (tertiary/aromatic N) is 4. The monoisotopic (exact) mass is 830 g/mol. The van der Waals surface area contributed by atoms with E-state index in [0.29, 0.717) is 67.0 Å². The number of nitrogens with one attached hydrogen (secondary N) is 4. The number of piperidine rings is 3. The average molecular weight is 831 g/mol. The number of hydrogen-bond acceptors (Lipinski definition) is 9. The first-order chi connectivity index (χ1) is 28.9. The molecule has 5 heterocycles. The van der Waals surface area contributed by atoms with E-state index in [0.717, 1.165) is 38.2 Å². The molecule has 2 aromatic carbocycles. The normalized spacial score (nSPS) is 21.4. The molecule has 0 radical (unpaired) electrons. The van der Waals surface area contributed by atoms with Crippen LogP contribution in [-0.4, -0.2) is 93.7 Å². The Labute approximate surface area is 345 Å². The van der Waals surface area contributed by atoms with E-state index in [2.05, 4.69) is 30.9 Å². The SMILES string of the molecule is O=CN1CCC(CN2CCC(c3ccc(NC4CCC(=O)NC4=O)cc3F)C(F)(F)C2)CC1.O=c1[nH]cccc1-c1cccc(-c2nc(NC3CCCCC3)ncc2F)c1. The Morgan fingerprint density at radius 2 is 1.63 bits per heavy atom. The van der Waals surface area contributed by atoms with Crippen LogP contribution in [0.25, 0.3) is 22.4 Å². The molecule has 60 heavy (non-hydrogen) atoms. The number of halogens is 4. The smallest absolute Gasteiger partial charge is 0.267 e. The second kappa shape index (κ2) is 19.2. The van der Waals surface area contributed by atoms with Crippen molar-refractivity contribution < 1.29 is 31.9 Å². The maximum Gasteiger partial charge on any atom is 0.267 e. The number of carbonyl (C=O) groups excluding carboxylic acids is 3. The zero-order chi connectivity index (χ0) is 42.2. The van der Waals surface area contributed by atoms with Gasteiger partial charge in [-0.15, -0.1) is 0 Å². The molecule has 12 nitrogen and oxygen atoms in total. The zero-order valence-corrected chi connectivity index (χ0v) is 33.3. The lowest BCUT2D eigenvalue weighted by Gasteiger charge is -2.41. The molecule has 3 amide bonds. The van der Waals surface area contributed by atoms with Gasteiger partial charge in [0.05, 0.1) is 18.7 Å². The Morgan fingerprint density at radius 3 is 2.35 bits per heavy atom. The van der Waals surface area contributed by atoms with Gasteiger partial charge in [-0.1, -0.05) is 43.5 Å². The highest BCUT2D eigenvalue weighted by molar-refractivity contribution is 6.01. The minimum atomic E-state index is -3.07. The third kappa shape index (κ3) is 10.6. The predicted molar refractivity (Wildman–Crippen MR) is 219 cm³/mol. The minimum Gasteiger partial charge on any atom is -0.374 e. The Kier molecular flexibility index (Phi) is 13.6. The minimum absolute atomic E-state index is 0.0206. The van der Waals surface area contributed by atoms with Gasteiger partial charge in [-0.25, -0.2) is 27.5 Å². The molecule has 16 heteroatoms. The first-order valence-electron chi connectivity index (χ1n) is 20.7. The summed E-state index contributed by atoms with van der Waals surface area (Å²) in [5, 5.41) is 8.43. The number of anilines is 2. The van der Waals surface area contributed by atoms with Crippen LogP contribution in [0.3, 0.4) is 0 Å². The number of rotatable bonds is 10. The van der Waals surface area contributed by atoms with Crippen LogP contribution in [0.15, 0.2) is 71.8 Å². The number of hydrogen-bond donors (Lipinski definition) is 4. The van der Waals surface area contributed by atoms with E-state index in [1.165, 1.54) is 37.6 Å². The Bertz CT molecular complexity index is 2210. The highest BCUT2D eigenvalue weighted by Crippen LogP contribution is 2.42. The second-order valence-electron chi connectivity index (χ2n) is 16.2. The van der Waals surface area contributed by atoms with Crippen molar-refractivity contribution in [3.05, 3.63) is 94.5 Å². The molecule has 0 spiro atoms. The number of likely N-dealkylation sites (tertiary alicyclic amines) is 2. The molecule has 0 bridgehead atoms. The van der Waals surface area contributed by atoms with Crippen molar-refractivity contribution in [2.45, 2.75) is 88.1 Å². The molecule has 4 N–H and O–H groups in total. The molecule has 4 fully saturated rings. The van der Waals surface area contributed by atoms with E-state index in [-0.39, 0.29) is 41.5 Å². The van der Waals surface area contributed by atoms with Crippen LogP contribution in [0.2, 0.25) is 0 Å². The molecule has 1 aliphatic carbocycles. The fraction of sp³-hybridized carbons (Fsp3) is 0.455. The van der Waals surface area contributed by atoms with Crippen molar-refractivity contribution in [1.29, 1.82) is 0 Å². The second-order valence-corrected chi connectivity index (χ2v) is 16.2. The molecular formula is C44H50F4N8O4. The molecule has 3 aliphatic heterocycles. The Hall–Kier alpha value is -5.64. The van der Waals surface area contributed by atoms with Crippen LogP contribution in [-0.2, 0) is 14.4 Å². The summed E-state index contributed by atoms with van der Waals surface area (Å²) < 4.78 is 59.4. The summed E-state index contributed by atoms with van der Waals surface area (Å²) in [5.74, 6) is -5.60. The predicted octanol–water partition coefficient (Wildman–Crippen LogP) is 6.72. The fourth-order valence-corrected chi connectivity index (χ4v) is 8.64. The molecule has 4 aliphatic rings. The summed E-state index contributed by atoms with van der Waals surface area (Å²) in [6.45, 7) is 1.92. The van der Waals surface area contributed by atoms with Gasteiger partial charge in [0, 0.05) is 55.1 Å². The standard InChI is InChI=1S/C23H29F3N4O3.C21H21FN4O/c24-19-11-16(27-20-3-4-21(32)28-22(20)33)1-2-17(19)18-7-10-30(13-23(18,25)26)12-15-5-8-29(14-31)9-6-15;22-18-13-24-21(25-16-8-2-1-3-9-16)26-19(18)15-7-4-6-14(12-15)17-10-5-11-23-20(17)27/h1-2,11,14-15,18,20,27H,3-10,12-13H2,(H,28,32,33);4-7,10-13,16H,1-3,8-9H2,(H,23,27)(H,24,25,26). The van der Waals surface area contributed by atoms with Gasteiger partial charge in [-0.2, -0.15) is 0 Å². The van der Waals surface area contributed by atoms with Gasteiger partial charge in [0.25, 0.3) is 11.5 Å². The number of pyridine rings is 1. The summed E-state index contributed by atoms with van der Waals surface area (Å²) in [6, 6.07) is 14.4. The lowest BCUT2D eigenvalue weighted by molar-refractivity contribution is -0.133. The van der Waals surface area contributed by atoms with E-state index in [9.17, 15) is 28.0 Å².